The van der Waals surface area contributed by atoms with Gasteiger partial charge in [0.15, 0.2) is 0 Å². The Balaban J connectivity index is 2.14. The van der Waals surface area contributed by atoms with Crippen molar-refractivity contribution in [3.05, 3.63) is 53.1 Å². The zero-order valence-corrected chi connectivity index (χ0v) is 15.2. The van der Waals surface area contributed by atoms with E-state index in [-0.39, 0.29) is 21.5 Å². The molecule has 0 amide bonds. The van der Waals surface area contributed by atoms with E-state index in [1.165, 1.54) is 18.2 Å². The summed E-state index contributed by atoms with van der Waals surface area (Å²) in [5.41, 5.74) is 6.07. The second-order valence-corrected chi connectivity index (χ2v) is 7.35. The predicted molar refractivity (Wildman–Crippen MR) is 97.1 cm³/mol. The number of rotatable bonds is 8. The Labute approximate surface area is 152 Å². The fourth-order valence-corrected chi connectivity index (χ4v) is 3.53. The van der Waals surface area contributed by atoms with E-state index in [1.54, 1.807) is 31.2 Å². The van der Waals surface area contributed by atoms with Crippen LogP contribution < -0.4 is 14.7 Å². The van der Waals surface area contributed by atoms with Crippen LogP contribution in [0, 0.1) is 12.3 Å². The fraction of sp³-hybridized carbons (Fsp3) is 0.235. The SMILES string of the molecule is Cc1cc(OCCCC(=N)N)cc(OS(=O)(=O)c2ccccc2Cl)c1. The number of halogens is 1. The summed E-state index contributed by atoms with van der Waals surface area (Å²) in [5, 5.41) is 7.26. The van der Waals surface area contributed by atoms with Crippen LogP contribution in [0.3, 0.4) is 0 Å². The molecule has 6 nitrogen and oxygen atoms in total. The van der Waals surface area contributed by atoms with Crippen LogP contribution in [0.25, 0.3) is 0 Å². The number of amidine groups is 1. The third-order valence-electron chi connectivity index (χ3n) is 3.20. The monoisotopic (exact) mass is 382 g/mol. The Hall–Kier alpha value is -2.25. The van der Waals surface area contributed by atoms with Crippen LogP contribution in [0.15, 0.2) is 47.4 Å². The molecular weight excluding hydrogens is 364 g/mol. The first-order chi connectivity index (χ1) is 11.8. The lowest BCUT2D eigenvalue weighted by Gasteiger charge is -2.11. The van der Waals surface area contributed by atoms with Crippen molar-refractivity contribution in [2.75, 3.05) is 6.61 Å². The number of nitrogens with one attached hydrogen (secondary N) is 1. The molecule has 2 rings (SSSR count). The Morgan fingerprint density at radius 3 is 2.56 bits per heavy atom. The molecule has 3 N–H and O–H groups in total. The molecule has 0 bridgehead atoms. The molecule has 2 aromatic carbocycles. The maximum Gasteiger partial charge on any atom is 0.340 e. The van der Waals surface area contributed by atoms with Crippen molar-refractivity contribution in [3.8, 4) is 11.5 Å². The molecule has 0 saturated heterocycles. The summed E-state index contributed by atoms with van der Waals surface area (Å²) >= 11 is 5.94. The maximum atomic E-state index is 12.4. The van der Waals surface area contributed by atoms with Crippen LogP contribution >= 0.6 is 11.6 Å². The van der Waals surface area contributed by atoms with E-state index >= 15 is 0 Å². The minimum absolute atomic E-state index is 0.0934. The van der Waals surface area contributed by atoms with E-state index in [0.717, 1.165) is 5.56 Å². The molecule has 0 heterocycles. The third kappa shape index (κ3) is 5.65. The van der Waals surface area contributed by atoms with E-state index in [9.17, 15) is 8.42 Å². The molecule has 0 atom stereocenters. The first kappa shape index (κ1) is 19.1. The normalized spacial score (nSPS) is 11.1. The minimum atomic E-state index is -4.05. The van der Waals surface area contributed by atoms with E-state index < -0.39 is 10.1 Å². The molecule has 25 heavy (non-hydrogen) atoms. The molecule has 8 heteroatoms. The molecular formula is C17H19ClN2O4S. The smallest absolute Gasteiger partial charge is 0.340 e. The molecule has 0 unspecified atom stereocenters. The summed E-state index contributed by atoms with van der Waals surface area (Å²) in [6, 6.07) is 10.9. The van der Waals surface area contributed by atoms with E-state index in [0.29, 0.717) is 25.2 Å². The highest BCUT2D eigenvalue weighted by atomic mass is 35.5. The molecule has 0 radical (unpaired) electrons. The van der Waals surface area contributed by atoms with Crippen molar-refractivity contribution in [3.63, 3.8) is 0 Å². The van der Waals surface area contributed by atoms with Gasteiger partial charge in [-0.2, -0.15) is 8.42 Å². The van der Waals surface area contributed by atoms with Gasteiger partial charge in [-0.15, -0.1) is 0 Å². The van der Waals surface area contributed by atoms with Crippen molar-refractivity contribution in [2.45, 2.75) is 24.7 Å². The lowest BCUT2D eigenvalue weighted by molar-refractivity contribution is 0.312. The fourth-order valence-electron chi connectivity index (χ4n) is 2.12. The van der Waals surface area contributed by atoms with Crippen LogP contribution in [0.1, 0.15) is 18.4 Å². The van der Waals surface area contributed by atoms with E-state index in [4.69, 9.17) is 31.7 Å². The van der Waals surface area contributed by atoms with E-state index in [2.05, 4.69) is 0 Å². The number of hydrogen-bond acceptors (Lipinski definition) is 5. The zero-order valence-electron chi connectivity index (χ0n) is 13.7. The van der Waals surface area contributed by atoms with Crippen LogP contribution in [-0.2, 0) is 10.1 Å². The second-order valence-electron chi connectivity index (χ2n) is 5.43. The highest BCUT2D eigenvalue weighted by Crippen LogP contribution is 2.28. The first-order valence-electron chi connectivity index (χ1n) is 7.54. The van der Waals surface area contributed by atoms with Crippen molar-refractivity contribution in [1.29, 1.82) is 5.41 Å². The van der Waals surface area contributed by atoms with Gasteiger partial charge in [0.25, 0.3) is 0 Å². The Morgan fingerprint density at radius 2 is 1.88 bits per heavy atom. The average molecular weight is 383 g/mol. The molecule has 0 fully saturated rings. The van der Waals surface area contributed by atoms with Gasteiger partial charge in [0.1, 0.15) is 16.4 Å². The molecule has 0 spiro atoms. The van der Waals surface area contributed by atoms with Crippen LogP contribution in [-0.4, -0.2) is 20.9 Å². The zero-order chi connectivity index (χ0) is 18.4. The summed E-state index contributed by atoms with van der Waals surface area (Å²) in [4.78, 5) is -0.0953. The molecule has 0 aliphatic rings. The number of nitrogens with two attached hydrogens (primary N) is 1. The molecule has 0 aliphatic carbocycles. The molecule has 2 aromatic rings. The number of ether oxygens (including phenoxy) is 1. The topological polar surface area (TPSA) is 102 Å². The minimum Gasteiger partial charge on any atom is -0.493 e. The van der Waals surface area contributed by atoms with Gasteiger partial charge in [-0.3, -0.25) is 5.41 Å². The highest BCUT2D eigenvalue weighted by molar-refractivity contribution is 7.87. The lowest BCUT2D eigenvalue weighted by Crippen LogP contribution is -2.11. The summed E-state index contributed by atoms with van der Waals surface area (Å²) in [5.74, 6) is 0.720. The first-order valence-corrected chi connectivity index (χ1v) is 9.33. The number of aryl methyl sites for hydroxylation is 1. The van der Waals surface area contributed by atoms with Crippen molar-refractivity contribution in [2.24, 2.45) is 5.73 Å². The van der Waals surface area contributed by atoms with Gasteiger partial charge in [-0.25, -0.2) is 0 Å². The van der Waals surface area contributed by atoms with Gasteiger partial charge < -0.3 is 14.7 Å². The summed E-state index contributed by atoms with van der Waals surface area (Å²) in [7, 11) is -4.05. The summed E-state index contributed by atoms with van der Waals surface area (Å²) in [6.07, 6.45) is 1.04. The molecule has 134 valence electrons. The van der Waals surface area contributed by atoms with Gasteiger partial charge in [-0.1, -0.05) is 23.7 Å². The Kier molecular flexibility index (Phi) is 6.27. The number of benzene rings is 2. The van der Waals surface area contributed by atoms with Gasteiger partial charge in [0.2, 0.25) is 0 Å². The quantitative estimate of drug-likeness (QED) is 0.315. The highest BCUT2D eigenvalue weighted by Gasteiger charge is 2.20. The maximum absolute atomic E-state index is 12.4. The van der Waals surface area contributed by atoms with Crippen molar-refractivity contribution in [1.82, 2.24) is 0 Å². The van der Waals surface area contributed by atoms with Gasteiger partial charge >= 0.3 is 10.1 Å². The third-order valence-corrected chi connectivity index (χ3v) is 4.94. The Bertz CT molecular complexity index is 869. The van der Waals surface area contributed by atoms with Gasteiger partial charge in [0, 0.05) is 12.5 Å². The largest absolute Gasteiger partial charge is 0.493 e. The lowest BCUT2D eigenvalue weighted by atomic mass is 10.2. The van der Waals surface area contributed by atoms with Crippen molar-refractivity contribution >= 4 is 27.6 Å². The second kappa shape index (κ2) is 8.22. The number of hydrogen-bond donors (Lipinski definition) is 2. The van der Waals surface area contributed by atoms with Gasteiger partial charge in [-0.05, 0) is 43.2 Å². The average Bonchev–Trinajstić information content (AvgIpc) is 2.50. The standard InChI is InChI=1S/C17H19ClN2O4S/c1-12-9-13(23-8-4-7-17(19)20)11-14(10-12)24-25(21,22)16-6-3-2-5-15(16)18/h2-3,5-6,9-11H,4,7-8H2,1H3,(H3,19,20). The molecule has 0 saturated carbocycles. The molecule has 0 aromatic heterocycles. The van der Waals surface area contributed by atoms with Crippen LogP contribution in [0.4, 0.5) is 0 Å². The molecule has 0 aliphatic heterocycles. The van der Waals surface area contributed by atoms with Crippen molar-refractivity contribution < 1.29 is 17.3 Å². The van der Waals surface area contributed by atoms with Gasteiger partial charge in [0.05, 0.1) is 17.5 Å². The summed E-state index contributed by atoms with van der Waals surface area (Å²) in [6.45, 7) is 2.16. The Morgan fingerprint density at radius 1 is 1.20 bits per heavy atom. The van der Waals surface area contributed by atoms with Crippen LogP contribution in [0.2, 0.25) is 5.02 Å². The van der Waals surface area contributed by atoms with E-state index in [1.807, 2.05) is 0 Å². The summed E-state index contributed by atoms with van der Waals surface area (Å²) < 4.78 is 35.5. The predicted octanol–water partition coefficient (Wildman–Crippen LogP) is 3.51. The van der Waals surface area contributed by atoms with Crippen LogP contribution in [0.5, 0.6) is 11.5 Å².